The van der Waals surface area contributed by atoms with Crippen molar-refractivity contribution in [1.82, 2.24) is 0 Å². The third kappa shape index (κ3) is 3.07. The van der Waals surface area contributed by atoms with E-state index in [0.29, 0.717) is 5.56 Å². The van der Waals surface area contributed by atoms with E-state index in [1.807, 2.05) is 6.07 Å². The number of primary amides is 1. The lowest BCUT2D eigenvalue weighted by Crippen LogP contribution is -2.19. The van der Waals surface area contributed by atoms with E-state index in [-0.39, 0.29) is 21.7 Å². The number of carbonyl (C=O) groups excluding carboxylic acids is 1. The van der Waals surface area contributed by atoms with Gasteiger partial charge in [-0.05, 0) is 36.8 Å². The van der Waals surface area contributed by atoms with Crippen molar-refractivity contribution >= 4 is 21.6 Å². The molecular weight excluding hydrogens is 302 g/mol. The number of anilines is 1. The lowest BCUT2D eigenvalue weighted by atomic mass is 10.1. The van der Waals surface area contributed by atoms with Gasteiger partial charge in [-0.3, -0.25) is 9.52 Å². The Labute approximate surface area is 128 Å². The summed E-state index contributed by atoms with van der Waals surface area (Å²) in [4.78, 5) is 11.4. The molecule has 0 spiro atoms. The van der Waals surface area contributed by atoms with Gasteiger partial charge in [0.15, 0.2) is 0 Å². The van der Waals surface area contributed by atoms with Gasteiger partial charge in [-0.15, -0.1) is 0 Å². The van der Waals surface area contributed by atoms with Crippen LogP contribution in [0.4, 0.5) is 5.69 Å². The smallest absolute Gasteiger partial charge is 0.261 e. The van der Waals surface area contributed by atoms with Crippen LogP contribution in [0.2, 0.25) is 0 Å². The molecular formula is C15H13N3O3S. The van der Waals surface area contributed by atoms with Gasteiger partial charge in [0.25, 0.3) is 15.9 Å². The predicted molar refractivity (Wildman–Crippen MR) is 81.7 cm³/mol. The Balaban J connectivity index is 2.50. The Morgan fingerprint density at radius 1 is 1.23 bits per heavy atom. The fourth-order valence-electron chi connectivity index (χ4n) is 1.93. The fraction of sp³-hybridized carbons (Fsp3) is 0.0667. The molecule has 0 saturated heterocycles. The molecule has 22 heavy (non-hydrogen) atoms. The number of hydrogen-bond acceptors (Lipinski definition) is 4. The summed E-state index contributed by atoms with van der Waals surface area (Å²) in [6.45, 7) is 1.66. The molecule has 2 rings (SSSR count). The van der Waals surface area contributed by atoms with E-state index < -0.39 is 15.9 Å². The zero-order valence-corrected chi connectivity index (χ0v) is 12.5. The van der Waals surface area contributed by atoms with Crippen molar-refractivity contribution < 1.29 is 13.2 Å². The summed E-state index contributed by atoms with van der Waals surface area (Å²) in [6, 6.07) is 12.2. The summed E-state index contributed by atoms with van der Waals surface area (Å²) in [5.74, 6) is -0.729. The summed E-state index contributed by atoms with van der Waals surface area (Å²) >= 11 is 0. The average Bonchev–Trinajstić information content (AvgIpc) is 2.49. The van der Waals surface area contributed by atoms with Crippen molar-refractivity contribution in [2.45, 2.75) is 11.8 Å². The summed E-state index contributed by atoms with van der Waals surface area (Å²) < 4.78 is 27.2. The number of nitriles is 1. The summed E-state index contributed by atoms with van der Waals surface area (Å²) in [7, 11) is -3.93. The van der Waals surface area contributed by atoms with Crippen molar-refractivity contribution in [3.05, 3.63) is 59.2 Å². The quantitative estimate of drug-likeness (QED) is 0.895. The minimum absolute atomic E-state index is 0.0646. The van der Waals surface area contributed by atoms with Crippen LogP contribution >= 0.6 is 0 Å². The molecule has 0 aromatic heterocycles. The van der Waals surface area contributed by atoms with Gasteiger partial charge < -0.3 is 5.73 Å². The van der Waals surface area contributed by atoms with E-state index in [4.69, 9.17) is 11.0 Å². The van der Waals surface area contributed by atoms with Crippen molar-refractivity contribution in [2.24, 2.45) is 5.73 Å². The second-order valence-electron chi connectivity index (χ2n) is 4.61. The molecule has 1 amide bonds. The molecule has 0 aliphatic rings. The van der Waals surface area contributed by atoms with E-state index in [2.05, 4.69) is 4.72 Å². The van der Waals surface area contributed by atoms with Crippen LogP contribution in [0.1, 0.15) is 21.5 Å². The number of nitrogens with one attached hydrogen (secondary N) is 1. The monoisotopic (exact) mass is 315 g/mol. The van der Waals surface area contributed by atoms with Crippen LogP contribution in [0, 0.1) is 18.3 Å². The maximum absolute atomic E-state index is 12.4. The molecule has 2 aromatic carbocycles. The number of aryl methyl sites for hydroxylation is 1. The maximum atomic E-state index is 12.4. The largest absolute Gasteiger partial charge is 0.366 e. The first-order valence-corrected chi connectivity index (χ1v) is 7.76. The van der Waals surface area contributed by atoms with Crippen LogP contribution < -0.4 is 10.5 Å². The van der Waals surface area contributed by atoms with Gasteiger partial charge in [-0.2, -0.15) is 5.26 Å². The number of nitrogens with zero attached hydrogens (tertiary/aromatic N) is 1. The number of sulfonamides is 1. The molecule has 6 nitrogen and oxygen atoms in total. The first-order chi connectivity index (χ1) is 10.3. The van der Waals surface area contributed by atoms with Crippen LogP contribution in [0.25, 0.3) is 0 Å². The van der Waals surface area contributed by atoms with E-state index in [0.717, 1.165) is 0 Å². The summed E-state index contributed by atoms with van der Waals surface area (Å²) in [6.07, 6.45) is 0. The lowest BCUT2D eigenvalue weighted by molar-refractivity contribution is 0.100. The molecule has 0 saturated carbocycles. The standard InChI is InChI=1S/C15H13N3O3S/c1-10-4-2-7-13(15(17)19)14(10)18-22(20,21)12-6-3-5-11(8-12)9-16/h2-8,18H,1H3,(H2,17,19). The zero-order valence-electron chi connectivity index (χ0n) is 11.7. The van der Waals surface area contributed by atoms with Crippen molar-refractivity contribution in [2.75, 3.05) is 4.72 Å². The number of rotatable bonds is 4. The molecule has 0 bridgehead atoms. The molecule has 0 aliphatic carbocycles. The normalized spacial score (nSPS) is 10.7. The van der Waals surface area contributed by atoms with Crippen molar-refractivity contribution in [3.63, 3.8) is 0 Å². The molecule has 0 atom stereocenters. The zero-order chi connectivity index (χ0) is 16.3. The minimum atomic E-state index is -3.93. The molecule has 0 fully saturated rings. The van der Waals surface area contributed by atoms with Gasteiger partial charge in [0, 0.05) is 0 Å². The highest BCUT2D eigenvalue weighted by Gasteiger charge is 2.19. The van der Waals surface area contributed by atoms with E-state index >= 15 is 0 Å². The van der Waals surface area contributed by atoms with Crippen LogP contribution in [0.15, 0.2) is 47.4 Å². The van der Waals surface area contributed by atoms with Gasteiger partial charge in [-0.25, -0.2) is 8.42 Å². The Morgan fingerprint density at radius 2 is 1.91 bits per heavy atom. The Hall–Kier alpha value is -2.85. The first kappa shape index (κ1) is 15.5. The molecule has 3 N–H and O–H groups in total. The van der Waals surface area contributed by atoms with E-state index in [1.165, 1.54) is 30.3 Å². The molecule has 0 aliphatic heterocycles. The Morgan fingerprint density at radius 3 is 2.55 bits per heavy atom. The van der Waals surface area contributed by atoms with Crippen LogP contribution in [-0.2, 0) is 10.0 Å². The molecule has 7 heteroatoms. The molecule has 112 valence electrons. The Bertz CT molecular complexity index is 883. The lowest BCUT2D eigenvalue weighted by Gasteiger charge is -2.13. The topological polar surface area (TPSA) is 113 Å². The summed E-state index contributed by atoms with van der Waals surface area (Å²) in [5.41, 5.74) is 6.28. The number of hydrogen-bond donors (Lipinski definition) is 2. The van der Waals surface area contributed by atoms with Crippen LogP contribution in [0.5, 0.6) is 0 Å². The molecule has 0 unspecified atom stereocenters. The SMILES string of the molecule is Cc1cccc(C(N)=O)c1NS(=O)(=O)c1cccc(C#N)c1. The second-order valence-corrected chi connectivity index (χ2v) is 6.29. The van der Waals surface area contributed by atoms with Gasteiger partial charge in [0.1, 0.15) is 0 Å². The predicted octanol–water partition coefficient (Wildman–Crippen LogP) is 1.77. The maximum Gasteiger partial charge on any atom is 0.261 e. The van der Waals surface area contributed by atoms with Gasteiger partial charge >= 0.3 is 0 Å². The Kier molecular flexibility index (Phi) is 4.15. The third-order valence-electron chi connectivity index (χ3n) is 3.05. The van der Waals surface area contributed by atoms with Crippen molar-refractivity contribution in [3.8, 4) is 6.07 Å². The highest BCUT2D eigenvalue weighted by molar-refractivity contribution is 7.92. The first-order valence-electron chi connectivity index (χ1n) is 6.27. The molecule has 0 heterocycles. The number of nitrogens with two attached hydrogens (primary N) is 1. The van der Waals surface area contributed by atoms with Crippen molar-refractivity contribution in [1.29, 1.82) is 5.26 Å². The van der Waals surface area contributed by atoms with E-state index in [1.54, 1.807) is 19.1 Å². The highest BCUT2D eigenvalue weighted by Crippen LogP contribution is 2.24. The van der Waals surface area contributed by atoms with Gasteiger partial charge in [-0.1, -0.05) is 18.2 Å². The second kappa shape index (κ2) is 5.87. The van der Waals surface area contributed by atoms with Gasteiger partial charge in [0.05, 0.1) is 27.8 Å². The van der Waals surface area contributed by atoms with E-state index in [9.17, 15) is 13.2 Å². The molecule has 0 radical (unpaired) electrons. The van der Waals surface area contributed by atoms with Crippen LogP contribution in [-0.4, -0.2) is 14.3 Å². The fourth-order valence-corrected chi connectivity index (χ4v) is 3.13. The number of para-hydroxylation sites is 1. The third-order valence-corrected chi connectivity index (χ3v) is 4.40. The highest BCUT2D eigenvalue weighted by atomic mass is 32.2. The summed E-state index contributed by atoms with van der Waals surface area (Å²) in [5, 5.41) is 8.85. The number of carbonyl (C=O) groups is 1. The minimum Gasteiger partial charge on any atom is -0.366 e. The molecule has 2 aromatic rings. The number of benzene rings is 2. The van der Waals surface area contributed by atoms with Gasteiger partial charge in [0.2, 0.25) is 0 Å². The van der Waals surface area contributed by atoms with Crippen LogP contribution in [0.3, 0.4) is 0 Å². The average molecular weight is 315 g/mol. The number of amides is 1.